The predicted octanol–water partition coefficient (Wildman–Crippen LogP) is 2.27. The monoisotopic (exact) mass is 254 g/mol. The van der Waals surface area contributed by atoms with Crippen molar-refractivity contribution < 1.29 is 4.74 Å². The number of likely N-dealkylation sites (tertiary alicyclic amines) is 1. The summed E-state index contributed by atoms with van der Waals surface area (Å²) in [5.41, 5.74) is 0. The number of ether oxygens (including phenoxy) is 1. The fourth-order valence-electron chi connectivity index (χ4n) is 3.36. The molecule has 0 radical (unpaired) electrons. The molecule has 3 heteroatoms. The Kier molecular flexibility index (Phi) is 5.93. The number of nitrogens with one attached hydrogen (secondary N) is 1. The maximum absolute atomic E-state index is 5.97. The Hall–Kier alpha value is -0.120. The first-order valence-electron chi connectivity index (χ1n) is 7.83. The molecule has 2 fully saturated rings. The third-order valence-corrected chi connectivity index (χ3v) is 4.41. The highest BCUT2D eigenvalue weighted by Crippen LogP contribution is 2.23. The Morgan fingerprint density at radius 2 is 2.00 bits per heavy atom. The van der Waals surface area contributed by atoms with Crippen molar-refractivity contribution in [1.82, 2.24) is 10.2 Å². The fraction of sp³-hybridized carbons (Fsp3) is 1.00. The molecule has 0 amide bonds. The van der Waals surface area contributed by atoms with Crippen molar-refractivity contribution in [2.45, 2.75) is 58.1 Å². The second-order valence-corrected chi connectivity index (χ2v) is 6.16. The van der Waals surface area contributed by atoms with E-state index in [1.807, 2.05) is 0 Å². The molecular weight excluding hydrogens is 224 g/mol. The summed E-state index contributed by atoms with van der Waals surface area (Å²) in [4.78, 5) is 2.68. The molecule has 1 atom stereocenters. The molecule has 18 heavy (non-hydrogen) atoms. The third kappa shape index (κ3) is 4.22. The van der Waals surface area contributed by atoms with Crippen molar-refractivity contribution in [1.29, 1.82) is 0 Å². The highest BCUT2D eigenvalue weighted by molar-refractivity contribution is 4.81. The molecule has 106 valence electrons. The molecule has 0 saturated carbocycles. The molecule has 3 nitrogen and oxygen atoms in total. The Morgan fingerprint density at radius 3 is 2.72 bits per heavy atom. The highest BCUT2D eigenvalue weighted by Gasteiger charge is 2.26. The van der Waals surface area contributed by atoms with E-state index in [4.69, 9.17) is 4.74 Å². The Balaban J connectivity index is 1.57. The van der Waals surface area contributed by atoms with Gasteiger partial charge >= 0.3 is 0 Å². The van der Waals surface area contributed by atoms with Crippen LogP contribution in [0.4, 0.5) is 0 Å². The number of piperidine rings is 1. The van der Waals surface area contributed by atoms with E-state index < -0.39 is 0 Å². The zero-order chi connectivity index (χ0) is 12.8. The van der Waals surface area contributed by atoms with Gasteiger partial charge in [-0.1, -0.05) is 13.8 Å². The number of hydrogen-bond acceptors (Lipinski definition) is 3. The Morgan fingerprint density at radius 1 is 1.22 bits per heavy atom. The van der Waals surface area contributed by atoms with Crippen molar-refractivity contribution in [3.8, 4) is 0 Å². The van der Waals surface area contributed by atoms with Crippen molar-refractivity contribution in [3.05, 3.63) is 0 Å². The minimum Gasteiger partial charge on any atom is -0.378 e. The van der Waals surface area contributed by atoms with E-state index >= 15 is 0 Å². The van der Waals surface area contributed by atoms with E-state index in [9.17, 15) is 0 Å². The van der Waals surface area contributed by atoms with E-state index in [1.165, 1.54) is 45.2 Å². The van der Waals surface area contributed by atoms with Gasteiger partial charge in [0.2, 0.25) is 0 Å². The molecule has 2 rings (SSSR count). The predicted molar refractivity (Wildman–Crippen MR) is 75.9 cm³/mol. The molecule has 2 heterocycles. The standard InChI is InChI=1S/C15H30N2O/c1-13(2)15-5-3-10-17(15)11-4-12-18-14-6-8-16-9-7-14/h13-16H,3-12H2,1-2H3. The molecule has 0 spiro atoms. The smallest absolute Gasteiger partial charge is 0.0599 e. The molecule has 0 aliphatic carbocycles. The Labute approximate surface area is 112 Å². The maximum Gasteiger partial charge on any atom is 0.0599 e. The molecule has 1 unspecified atom stereocenters. The summed E-state index contributed by atoms with van der Waals surface area (Å²) >= 11 is 0. The third-order valence-electron chi connectivity index (χ3n) is 4.41. The number of hydrogen-bond donors (Lipinski definition) is 1. The Bertz CT molecular complexity index is 227. The van der Waals surface area contributed by atoms with E-state index in [1.54, 1.807) is 0 Å². The second kappa shape index (κ2) is 7.46. The first-order chi connectivity index (χ1) is 8.77. The van der Waals surface area contributed by atoms with Crippen LogP contribution in [-0.4, -0.2) is 49.8 Å². The van der Waals surface area contributed by atoms with E-state index in [-0.39, 0.29) is 0 Å². The van der Waals surface area contributed by atoms with Crippen molar-refractivity contribution >= 4 is 0 Å². The van der Waals surface area contributed by atoms with Crippen molar-refractivity contribution in [2.24, 2.45) is 5.92 Å². The van der Waals surface area contributed by atoms with Gasteiger partial charge in [0.05, 0.1) is 6.10 Å². The molecule has 0 aromatic heterocycles. The van der Waals surface area contributed by atoms with Crippen molar-refractivity contribution in [2.75, 3.05) is 32.8 Å². The molecule has 2 aliphatic rings. The van der Waals surface area contributed by atoms with Gasteiger partial charge in [0.25, 0.3) is 0 Å². The lowest BCUT2D eigenvalue weighted by Crippen LogP contribution is -2.35. The van der Waals surface area contributed by atoms with Gasteiger partial charge in [0.15, 0.2) is 0 Å². The van der Waals surface area contributed by atoms with Gasteiger partial charge in [-0.05, 0) is 57.7 Å². The van der Waals surface area contributed by atoms with E-state index in [0.29, 0.717) is 6.10 Å². The number of nitrogens with zero attached hydrogens (tertiary/aromatic N) is 1. The molecular formula is C15H30N2O. The summed E-state index contributed by atoms with van der Waals surface area (Å²) in [7, 11) is 0. The van der Waals surface area contributed by atoms with Crippen LogP contribution in [-0.2, 0) is 4.74 Å². The average molecular weight is 254 g/mol. The summed E-state index contributed by atoms with van der Waals surface area (Å²) in [5.74, 6) is 0.804. The van der Waals surface area contributed by atoms with Crippen LogP contribution in [0.25, 0.3) is 0 Å². The lowest BCUT2D eigenvalue weighted by Gasteiger charge is -2.28. The minimum absolute atomic E-state index is 0.519. The summed E-state index contributed by atoms with van der Waals surface area (Å²) in [6, 6.07) is 0.823. The van der Waals surface area contributed by atoms with Gasteiger partial charge in [0.1, 0.15) is 0 Å². The van der Waals surface area contributed by atoms with Crippen LogP contribution in [0.5, 0.6) is 0 Å². The normalized spacial score (nSPS) is 27.2. The second-order valence-electron chi connectivity index (χ2n) is 6.16. The summed E-state index contributed by atoms with van der Waals surface area (Å²) in [6.07, 6.45) is 6.89. The molecule has 0 bridgehead atoms. The summed E-state index contributed by atoms with van der Waals surface area (Å²) in [6.45, 7) is 10.5. The van der Waals surface area contributed by atoms with Crippen LogP contribution in [0.3, 0.4) is 0 Å². The molecule has 1 N–H and O–H groups in total. The van der Waals surface area contributed by atoms with Gasteiger partial charge in [-0.15, -0.1) is 0 Å². The maximum atomic E-state index is 5.97. The summed E-state index contributed by atoms with van der Waals surface area (Å²) in [5, 5.41) is 3.38. The zero-order valence-electron chi connectivity index (χ0n) is 12.2. The van der Waals surface area contributed by atoms with Gasteiger partial charge in [-0.2, -0.15) is 0 Å². The lowest BCUT2D eigenvalue weighted by atomic mass is 10.0. The highest BCUT2D eigenvalue weighted by atomic mass is 16.5. The van der Waals surface area contributed by atoms with Gasteiger partial charge < -0.3 is 15.0 Å². The van der Waals surface area contributed by atoms with Crippen LogP contribution < -0.4 is 5.32 Å². The van der Waals surface area contributed by atoms with E-state index in [0.717, 1.165) is 31.7 Å². The van der Waals surface area contributed by atoms with Crippen LogP contribution >= 0.6 is 0 Å². The quantitative estimate of drug-likeness (QED) is 0.736. The molecule has 2 saturated heterocycles. The largest absolute Gasteiger partial charge is 0.378 e. The van der Waals surface area contributed by atoms with Crippen LogP contribution in [0.2, 0.25) is 0 Å². The van der Waals surface area contributed by atoms with Gasteiger partial charge in [-0.3, -0.25) is 0 Å². The lowest BCUT2D eigenvalue weighted by molar-refractivity contribution is 0.0265. The molecule has 0 aromatic carbocycles. The van der Waals surface area contributed by atoms with Crippen LogP contribution in [0, 0.1) is 5.92 Å². The van der Waals surface area contributed by atoms with Gasteiger partial charge in [-0.25, -0.2) is 0 Å². The van der Waals surface area contributed by atoms with Crippen LogP contribution in [0.1, 0.15) is 46.0 Å². The molecule has 2 aliphatic heterocycles. The van der Waals surface area contributed by atoms with Crippen LogP contribution in [0.15, 0.2) is 0 Å². The zero-order valence-corrected chi connectivity index (χ0v) is 12.2. The minimum atomic E-state index is 0.519. The first kappa shape index (κ1) is 14.3. The van der Waals surface area contributed by atoms with Crippen molar-refractivity contribution in [3.63, 3.8) is 0 Å². The number of rotatable bonds is 6. The average Bonchev–Trinajstić information content (AvgIpc) is 2.84. The SMILES string of the molecule is CC(C)C1CCCN1CCCOC1CCNCC1. The molecule has 0 aromatic rings. The van der Waals surface area contributed by atoms with Gasteiger partial charge in [0, 0.05) is 19.2 Å². The fourth-order valence-corrected chi connectivity index (χ4v) is 3.36. The first-order valence-corrected chi connectivity index (χ1v) is 7.83. The summed E-state index contributed by atoms with van der Waals surface area (Å²) < 4.78 is 5.97. The van der Waals surface area contributed by atoms with E-state index in [2.05, 4.69) is 24.1 Å². The topological polar surface area (TPSA) is 24.5 Å².